The van der Waals surface area contributed by atoms with Gasteiger partial charge in [-0.3, -0.25) is 4.90 Å². The van der Waals surface area contributed by atoms with E-state index in [9.17, 15) is 13.2 Å². The molecule has 6 heteroatoms. The van der Waals surface area contributed by atoms with E-state index in [4.69, 9.17) is 4.74 Å². The third-order valence-electron chi connectivity index (χ3n) is 5.55. The number of rotatable bonds is 5. The molecule has 0 N–H and O–H groups in total. The number of anilines is 1. The largest absolute Gasteiger partial charge is 0.457 e. The van der Waals surface area contributed by atoms with Gasteiger partial charge in [-0.15, -0.1) is 0 Å². The van der Waals surface area contributed by atoms with Crippen LogP contribution in [0.4, 0.5) is 18.9 Å². The Balaban J connectivity index is 1.32. The number of halogens is 3. The zero-order valence-electron chi connectivity index (χ0n) is 17.3. The molecule has 3 nitrogen and oxygen atoms in total. The van der Waals surface area contributed by atoms with Crippen LogP contribution in [0.25, 0.3) is 0 Å². The Labute approximate surface area is 180 Å². The first kappa shape index (κ1) is 21.2. The molecule has 3 aromatic carbocycles. The lowest BCUT2D eigenvalue weighted by Crippen LogP contribution is -2.51. The van der Waals surface area contributed by atoms with Crippen molar-refractivity contribution in [3.05, 3.63) is 90.0 Å². The smallest absolute Gasteiger partial charge is 0.416 e. The summed E-state index contributed by atoms with van der Waals surface area (Å²) in [5.41, 5.74) is 1.76. The molecule has 1 fully saturated rings. The lowest BCUT2D eigenvalue weighted by molar-refractivity contribution is -0.137. The highest BCUT2D eigenvalue weighted by Gasteiger charge is 2.30. The second-order valence-corrected chi connectivity index (χ2v) is 7.88. The van der Waals surface area contributed by atoms with E-state index in [2.05, 4.69) is 41.0 Å². The number of hydrogen-bond acceptors (Lipinski definition) is 3. The van der Waals surface area contributed by atoms with Gasteiger partial charge in [-0.05, 0) is 61.0 Å². The van der Waals surface area contributed by atoms with Gasteiger partial charge in [-0.2, -0.15) is 13.2 Å². The van der Waals surface area contributed by atoms with Gasteiger partial charge in [0.05, 0.1) is 5.56 Å². The fraction of sp³-hybridized carbons (Fsp3) is 0.280. The second-order valence-electron chi connectivity index (χ2n) is 7.88. The van der Waals surface area contributed by atoms with E-state index in [1.54, 1.807) is 0 Å². The highest BCUT2D eigenvalue weighted by molar-refractivity contribution is 5.47. The van der Waals surface area contributed by atoms with Crippen LogP contribution in [0.3, 0.4) is 0 Å². The molecule has 0 aromatic heterocycles. The van der Waals surface area contributed by atoms with E-state index in [0.29, 0.717) is 17.5 Å². The van der Waals surface area contributed by atoms with Gasteiger partial charge in [0.2, 0.25) is 0 Å². The van der Waals surface area contributed by atoms with Crippen LogP contribution in [0.5, 0.6) is 11.5 Å². The highest BCUT2D eigenvalue weighted by atomic mass is 19.4. The van der Waals surface area contributed by atoms with Crippen molar-refractivity contribution in [3.8, 4) is 11.5 Å². The zero-order valence-corrected chi connectivity index (χ0v) is 17.3. The predicted molar refractivity (Wildman–Crippen MR) is 116 cm³/mol. The molecule has 1 aliphatic heterocycles. The fourth-order valence-corrected chi connectivity index (χ4v) is 3.95. The average Bonchev–Trinajstić information content (AvgIpc) is 2.76. The normalized spacial score (nSPS) is 17.5. The van der Waals surface area contributed by atoms with Gasteiger partial charge >= 0.3 is 6.18 Å². The number of piperazine rings is 1. The Bertz CT molecular complexity index is 972. The molecular formula is C25H25F3N2O. The summed E-state index contributed by atoms with van der Waals surface area (Å²) in [7, 11) is 0. The van der Waals surface area contributed by atoms with Crippen LogP contribution in [0.2, 0.25) is 0 Å². The SMILES string of the molecule is C[C@H]1CN(Cc2ccc(Oc3ccc(C(F)(F)F)cc3)cc2)CCN1c1ccccc1. The molecule has 3 aromatic rings. The monoisotopic (exact) mass is 426 g/mol. The Hall–Kier alpha value is -2.99. The summed E-state index contributed by atoms with van der Waals surface area (Å²) in [6.07, 6.45) is -4.34. The van der Waals surface area contributed by atoms with Gasteiger partial charge in [-0.25, -0.2) is 0 Å². The summed E-state index contributed by atoms with van der Waals surface area (Å²) in [5, 5.41) is 0. The van der Waals surface area contributed by atoms with Crippen molar-refractivity contribution in [2.45, 2.75) is 25.7 Å². The van der Waals surface area contributed by atoms with Gasteiger partial charge in [-0.1, -0.05) is 30.3 Å². The Morgan fingerprint density at radius 3 is 2.03 bits per heavy atom. The standard InChI is InChI=1S/C25H25F3N2O/c1-19-17-29(15-16-30(19)22-5-3-2-4-6-22)18-20-7-11-23(12-8-20)31-24-13-9-21(10-14-24)25(26,27)28/h2-14,19H,15-18H2,1H3/t19-/m0/s1. The molecule has 1 atom stereocenters. The van der Waals surface area contributed by atoms with Gasteiger partial charge in [0.1, 0.15) is 11.5 Å². The zero-order chi connectivity index (χ0) is 21.8. The topological polar surface area (TPSA) is 15.7 Å². The molecule has 0 radical (unpaired) electrons. The van der Waals surface area contributed by atoms with Crippen LogP contribution in [0.15, 0.2) is 78.9 Å². The van der Waals surface area contributed by atoms with Crippen LogP contribution in [0.1, 0.15) is 18.1 Å². The quantitative estimate of drug-likeness (QED) is 0.483. The second kappa shape index (κ2) is 9.02. The van der Waals surface area contributed by atoms with Gasteiger partial charge in [0.15, 0.2) is 0 Å². The minimum absolute atomic E-state index is 0.381. The van der Waals surface area contributed by atoms with Crippen molar-refractivity contribution in [2.75, 3.05) is 24.5 Å². The Morgan fingerprint density at radius 2 is 1.45 bits per heavy atom. The number of benzene rings is 3. The van der Waals surface area contributed by atoms with Crippen molar-refractivity contribution in [1.82, 2.24) is 4.90 Å². The van der Waals surface area contributed by atoms with E-state index in [-0.39, 0.29) is 0 Å². The molecule has 4 rings (SSSR count). The molecule has 31 heavy (non-hydrogen) atoms. The molecule has 162 valence electrons. The van der Waals surface area contributed by atoms with Crippen molar-refractivity contribution in [1.29, 1.82) is 0 Å². The number of alkyl halides is 3. The molecule has 1 heterocycles. The summed E-state index contributed by atoms with van der Waals surface area (Å²) < 4.78 is 43.7. The van der Waals surface area contributed by atoms with Crippen LogP contribution in [-0.2, 0) is 12.7 Å². The van der Waals surface area contributed by atoms with E-state index < -0.39 is 11.7 Å². The molecule has 1 aliphatic rings. The van der Waals surface area contributed by atoms with E-state index in [0.717, 1.165) is 38.3 Å². The van der Waals surface area contributed by atoms with Crippen LogP contribution >= 0.6 is 0 Å². The maximum atomic E-state index is 12.7. The minimum Gasteiger partial charge on any atom is -0.457 e. The fourth-order valence-electron chi connectivity index (χ4n) is 3.95. The van der Waals surface area contributed by atoms with Crippen molar-refractivity contribution >= 4 is 5.69 Å². The molecule has 1 saturated heterocycles. The molecule has 0 unspecified atom stereocenters. The maximum Gasteiger partial charge on any atom is 0.416 e. The van der Waals surface area contributed by atoms with Gasteiger partial charge < -0.3 is 9.64 Å². The van der Waals surface area contributed by atoms with Gasteiger partial charge in [0.25, 0.3) is 0 Å². The summed E-state index contributed by atoms with van der Waals surface area (Å²) in [4.78, 5) is 4.88. The van der Waals surface area contributed by atoms with E-state index in [1.165, 1.54) is 23.4 Å². The summed E-state index contributed by atoms with van der Waals surface area (Å²) in [5.74, 6) is 0.984. The predicted octanol–water partition coefficient (Wildman–Crippen LogP) is 6.21. The van der Waals surface area contributed by atoms with Crippen LogP contribution in [-0.4, -0.2) is 30.6 Å². The van der Waals surface area contributed by atoms with Crippen LogP contribution < -0.4 is 9.64 Å². The first-order chi connectivity index (χ1) is 14.9. The first-order valence-corrected chi connectivity index (χ1v) is 10.4. The first-order valence-electron chi connectivity index (χ1n) is 10.4. The Morgan fingerprint density at radius 1 is 0.839 bits per heavy atom. The van der Waals surface area contributed by atoms with Crippen LogP contribution in [0, 0.1) is 0 Å². The third-order valence-corrected chi connectivity index (χ3v) is 5.55. The number of nitrogens with zero attached hydrogens (tertiary/aromatic N) is 2. The lowest BCUT2D eigenvalue weighted by atomic mass is 10.1. The molecule has 0 bridgehead atoms. The summed E-state index contributed by atoms with van der Waals surface area (Å²) in [6.45, 7) is 6.07. The Kier molecular flexibility index (Phi) is 6.18. The van der Waals surface area contributed by atoms with Crippen molar-refractivity contribution in [2.24, 2.45) is 0 Å². The van der Waals surface area contributed by atoms with E-state index >= 15 is 0 Å². The molecule has 0 aliphatic carbocycles. The summed E-state index contributed by atoms with van der Waals surface area (Å²) >= 11 is 0. The lowest BCUT2D eigenvalue weighted by Gasteiger charge is -2.41. The maximum absolute atomic E-state index is 12.7. The summed E-state index contributed by atoms with van der Waals surface area (Å²) in [6, 6.07) is 23.4. The molecule has 0 amide bonds. The minimum atomic E-state index is -4.34. The van der Waals surface area contributed by atoms with Crippen molar-refractivity contribution in [3.63, 3.8) is 0 Å². The third kappa shape index (κ3) is 5.39. The van der Waals surface area contributed by atoms with Crippen molar-refractivity contribution < 1.29 is 17.9 Å². The number of ether oxygens (including phenoxy) is 1. The number of hydrogen-bond donors (Lipinski definition) is 0. The molecular weight excluding hydrogens is 401 g/mol. The molecule has 0 saturated carbocycles. The van der Waals surface area contributed by atoms with E-state index in [1.807, 2.05) is 30.3 Å². The van der Waals surface area contributed by atoms with Gasteiger partial charge in [0, 0.05) is 37.9 Å². The molecule has 0 spiro atoms. The highest BCUT2D eigenvalue weighted by Crippen LogP contribution is 2.31. The average molecular weight is 426 g/mol. The number of para-hydroxylation sites is 1.